The van der Waals surface area contributed by atoms with Gasteiger partial charge in [-0.1, -0.05) is 36.8 Å². The Kier molecular flexibility index (Phi) is 3.70. The number of rotatable bonds is 3. The molecule has 3 nitrogen and oxygen atoms in total. The minimum Gasteiger partial charge on any atom is -0.349 e. The fourth-order valence-electron chi connectivity index (χ4n) is 3.09. The van der Waals surface area contributed by atoms with Crippen LogP contribution in [-0.2, 0) is 0 Å². The quantitative estimate of drug-likeness (QED) is 0.899. The van der Waals surface area contributed by atoms with Crippen molar-refractivity contribution >= 4 is 16.7 Å². The summed E-state index contributed by atoms with van der Waals surface area (Å²) in [6.45, 7) is 0.655. The molecule has 0 radical (unpaired) electrons. The molecule has 1 aliphatic rings. The normalized spacial score (nSPS) is 22.1. The summed E-state index contributed by atoms with van der Waals surface area (Å²) in [6.07, 6.45) is 3.32. The topological polar surface area (TPSA) is 55.1 Å². The Bertz CT molecular complexity index is 623. The van der Waals surface area contributed by atoms with Crippen LogP contribution in [0.3, 0.4) is 0 Å². The molecule has 0 heterocycles. The molecule has 1 saturated carbocycles. The number of carbonyl (C=O) groups excluding carboxylic acids is 1. The van der Waals surface area contributed by atoms with E-state index >= 15 is 0 Å². The molecule has 3 heteroatoms. The maximum atomic E-state index is 12.4. The van der Waals surface area contributed by atoms with Crippen LogP contribution in [-0.4, -0.2) is 18.5 Å². The largest absolute Gasteiger partial charge is 0.349 e. The Hall–Kier alpha value is -1.87. The van der Waals surface area contributed by atoms with Crippen molar-refractivity contribution in [2.45, 2.75) is 25.3 Å². The molecule has 2 aromatic rings. The number of fused-ring (bicyclic) bond motifs is 1. The first kappa shape index (κ1) is 13.1. The van der Waals surface area contributed by atoms with Crippen molar-refractivity contribution in [1.29, 1.82) is 0 Å². The van der Waals surface area contributed by atoms with Gasteiger partial charge in [0.15, 0.2) is 0 Å². The molecule has 0 saturated heterocycles. The van der Waals surface area contributed by atoms with Gasteiger partial charge < -0.3 is 11.1 Å². The number of nitrogens with one attached hydrogen (secondary N) is 1. The Morgan fingerprint density at radius 3 is 2.75 bits per heavy atom. The van der Waals surface area contributed by atoms with Crippen molar-refractivity contribution in [3.8, 4) is 0 Å². The predicted molar refractivity (Wildman–Crippen MR) is 81.6 cm³/mol. The molecule has 3 rings (SSSR count). The van der Waals surface area contributed by atoms with Crippen LogP contribution in [0.25, 0.3) is 10.8 Å². The van der Waals surface area contributed by atoms with E-state index < -0.39 is 0 Å². The molecule has 2 unspecified atom stereocenters. The number of benzene rings is 2. The van der Waals surface area contributed by atoms with Gasteiger partial charge in [0.2, 0.25) is 0 Å². The first-order valence-electron chi connectivity index (χ1n) is 7.27. The molecule has 2 aromatic carbocycles. The zero-order valence-electron chi connectivity index (χ0n) is 11.5. The van der Waals surface area contributed by atoms with Gasteiger partial charge >= 0.3 is 0 Å². The highest BCUT2D eigenvalue weighted by atomic mass is 16.1. The molecule has 0 aliphatic heterocycles. The second-order valence-electron chi connectivity index (χ2n) is 5.57. The van der Waals surface area contributed by atoms with E-state index in [-0.39, 0.29) is 11.9 Å². The SMILES string of the molecule is NCC1CCCC1NC(=O)c1ccc2ccccc2c1. The standard InChI is InChI=1S/C17H20N2O/c18-11-15-6-3-7-16(15)19-17(20)14-9-8-12-4-1-2-5-13(12)10-14/h1-2,4-5,8-10,15-16H,3,6-7,11,18H2,(H,19,20). The van der Waals surface area contributed by atoms with Gasteiger partial charge in [-0.2, -0.15) is 0 Å². The number of hydrogen-bond acceptors (Lipinski definition) is 2. The second-order valence-corrected chi connectivity index (χ2v) is 5.57. The highest BCUT2D eigenvalue weighted by molar-refractivity contribution is 5.98. The van der Waals surface area contributed by atoms with E-state index in [0.29, 0.717) is 12.5 Å². The van der Waals surface area contributed by atoms with Crippen molar-refractivity contribution in [3.63, 3.8) is 0 Å². The van der Waals surface area contributed by atoms with Crippen molar-refractivity contribution in [2.24, 2.45) is 11.7 Å². The molecule has 0 bridgehead atoms. The Morgan fingerprint density at radius 2 is 1.95 bits per heavy atom. The van der Waals surface area contributed by atoms with Gasteiger partial charge in [-0.05, 0) is 48.2 Å². The van der Waals surface area contributed by atoms with Crippen molar-refractivity contribution < 1.29 is 4.79 Å². The van der Waals surface area contributed by atoms with Gasteiger partial charge in [0.25, 0.3) is 5.91 Å². The lowest BCUT2D eigenvalue weighted by molar-refractivity contribution is 0.0929. The first-order chi connectivity index (χ1) is 9.78. The molecule has 1 fully saturated rings. The first-order valence-corrected chi connectivity index (χ1v) is 7.27. The van der Waals surface area contributed by atoms with Gasteiger partial charge in [-0.3, -0.25) is 4.79 Å². The smallest absolute Gasteiger partial charge is 0.251 e. The number of carbonyl (C=O) groups is 1. The summed E-state index contributed by atoms with van der Waals surface area (Å²) in [6, 6.07) is 14.2. The summed E-state index contributed by atoms with van der Waals surface area (Å²) in [7, 11) is 0. The molecule has 1 amide bonds. The highest BCUT2D eigenvalue weighted by Gasteiger charge is 2.27. The van der Waals surface area contributed by atoms with Crippen molar-refractivity contribution in [1.82, 2.24) is 5.32 Å². The van der Waals surface area contributed by atoms with Gasteiger partial charge in [0, 0.05) is 11.6 Å². The lowest BCUT2D eigenvalue weighted by Gasteiger charge is -2.19. The van der Waals surface area contributed by atoms with E-state index in [4.69, 9.17) is 5.73 Å². The zero-order chi connectivity index (χ0) is 13.9. The van der Waals surface area contributed by atoms with Crippen LogP contribution in [0.1, 0.15) is 29.6 Å². The average Bonchev–Trinajstić information content (AvgIpc) is 2.94. The number of hydrogen-bond donors (Lipinski definition) is 2. The van der Waals surface area contributed by atoms with E-state index in [1.54, 1.807) is 0 Å². The van der Waals surface area contributed by atoms with Crippen LogP contribution >= 0.6 is 0 Å². The summed E-state index contributed by atoms with van der Waals surface area (Å²) < 4.78 is 0. The Balaban J connectivity index is 1.78. The van der Waals surface area contributed by atoms with Crippen LogP contribution in [0.4, 0.5) is 0 Å². The maximum absolute atomic E-state index is 12.4. The Labute approximate surface area is 119 Å². The number of amides is 1. The van der Waals surface area contributed by atoms with Crippen LogP contribution < -0.4 is 11.1 Å². The molecule has 104 valence electrons. The van der Waals surface area contributed by atoms with Gasteiger partial charge in [0.05, 0.1) is 0 Å². The molecule has 20 heavy (non-hydrogen) atoms. The second kappa shape index (κ2) is 5.63. The third-order valence-electron chi connectivity index (χ3n) is 4.29. The fourth-order valence-corrected chi connectivity index (χ4v) is 3.09. The Morgan fingerprint density at radius 1 is 1.15 bits per heavy atom. The third kappa shape index (κ3) is 2.54. The molecule has 1 aliphatic carbocycles. The summed E-state index contributed by atoms with van der Waals surface area (Å²) in [4.78, 5) is 12.4. The van der Waals surface area contributed by atoms with E-state index in [0.717, 1.165) is 35.6 Å². The van der Waals surface area contributed by atoms with Crippen molar-refractivity contribution in [3.05, 3.63) is 48.0 Å². The van der Waals surface area contributed by atoms with E-state index in [1.807, 2.05) is 36.4 Å². The molecule has 0 spiro atoms. The molecular weight excluding hydrogens is 248 g/mol. The van der Waals surface area contributed by atoms with E-state index in [9.17, 15) is 4.79 Å². The van der Waals surface area contributed by atoms with Gasteiger partial charge in [0.1, 0.15) is 0 Å². The molecule has 3 N–H and O–H groups in total. The lowest BCUT2D eigenvalue weighted by atomic mass is 10.0. The minimum absolute atomic E-state index is 0.0149. The maximum Gasteiger partial charge on any atom is 0.251 e. The third-order valence-corrected chi connectivity index (χ3v) is 4.29. The predicted octanol–water partition coefficient (Wildman–Crippen LogP) is 2.70. The van der Waals surface area contributed by atoms with Crippen LogP contribution in [0.2, 0.25) is 0 Å². The molecule has 0 aromatic heterocycles. The molecular formula is C17H20N2O. The minimum atomic E-state index is 0.0149. The average molecular weight is 268 g/mol. The molecule has 2 atom stereocenters. The summed E-state index contributed by atoms with van der Waals surface area (Å²) >= 11 is 0. The van der Waals surface area contributed by atoms with Gasteiger partial charge in [-0.15, -0.1) is 0 Å². The summed E-state index contributed by atoms with van der Waals surface area (Å²) in [5.74, 6) is 0.445. The summed E-state index contributed by atoms with van der Waals surface area (Å²) in [5.41, 5.74) is 6.49. The van der Waals surface area contributed by atoms with Crippen LogP contribution in [0, 0.1) is 5.92 Å². The van der Waals surface area contributed by atoms with Crippen LogP contribution in [0.5, 0.6) is 0 Å². The monoisotopic (exact) mass is 268 g/mol. The number of nitrogens with two attached hydrogens (primary N) is 1. The fraction of sp³-hybridized carbons (Fsp3) is 0.353. The van der Waals surface area contributed by atoms with Gasteiger partial charge in [-0.25, -0.2) is 0 Å². The van der Waals surface area contributed by atoms with Crippen LogP contribution in [0.15, 0.2) is 42.5 Å². The highest BCUT2D eigenvalue weighted by Crippen LogP contribution is 2.25. The lowest BCUT2D eigenvalue weighted by Crippen LogP contribution is -2.39. The summed E-state index contributed by atoms with van der Waals surface area (Å²) in [5, 5.41) is 5.40. The van der Waals surface area contributed by atoms with E-state index in [1.165, 1.54) is 0 Å². The zero-order valence-corrected chi connectivity index (χ0v) is 11.5. The van der Waals surface area contributed by atoms with Crippen molar-refractivity contribution in [2.75, 3.05) is 6.54 Å². The van der Waals surface area contributed by atoms with E-state index in [2.05, 4.69) is 11.4 Å².